The van der Waals surface area contributed by atoms with Crippen molar-refractivity contribution < 1.29 is 14.3 Å². The molecule has 0 aliphatic carbocycles. The normalized spacial score (nSPS) is 18.2. The zero-order valence-corrected chi connectivity index (χ0v) is 11.0. The summed E-state index contributed by atoms with van der Waals surface area (Å²) in [5.41, 5.74) is 2.52. The fraction of sp³-hybridized carbons (Fsp3) is 0.357. The van der Waals surface area contributed by atoms with Gasteiger partial charge in [-0.2, -0.15) is 0 Å². The highest BCUT2D eigenvalue weighted by Gasteiger charge is 2.21. The molecule has 0 radical (unpaired) electrons. The van der Waals surface area contributed by atoms with E-state index in [-0.39, 0.29) is 0 Å². The summed E-state index contributed by atoms with van der Waals surface area (Å²) in [5, 5.41) is 5.12. The van der Waals surface area contributed by atoms with Crippen molar-refractivity contribution in [1.82, 2.24) is 4.57 Å². The van der Waals surface area contributed by atoms with Crippen LogP contribution in [0.5, 0.6) is 0 Å². The molecule has 1 unspecified atom stereocenters. The van der Waals surface area contributed by atoms with E-state index in [1.54, 1.807) is 0 Å². The minimum absolute atomic E-state index is 0.583. The lowest BCUT2D eigenvalue weighted by atomic mass is 10.1. The van der Waals surface area contributed by atoms with Gasteiger partial charge in [-0.15, -0.1) is 0 Å². The Morgan fingerprint density at radius 1 is 1.32 bits per heavy atom. The first-order valence-corrected chi connectivity index (χ1v) is 6.23. The maximum atomic E-state index is 5.35. The average Bonchev–Trinajstić information content (AvgIpc) is 3.02. The molecule has 5 nitrogen and oxygen atoms in total. The Morgan fingerprint density at radius 2 is 2.16 bits per heavy atom. The standard InChI is InChI=1S/C14H16N2O3/c1-16-9-10(11-5-3-4-6-12(11)16)7-8-13-15-19-14(17-2)18-13/h3-6,9,14H,7-8H2,1-2H3. The lowest BCUT2D eigenvalue weighted by Gasteiger charge is -2.05. The smallest absolute Gasteiger partial charge is 0.383 e. The van der Waals surface area contributed by atoms with Gasteiger partial charge in [0.25, 0.3) is 0 Å². The fourth-order valence-corrected chi connectivity index (χ4v) is 2.32. The van der Waals surface area contributed by atoms with Crippen LogP contribution in [0.1, 0.15) is 12.0 Å². The van der Waals surface area contributed by atoms with E-state index in [2.05, 4.69) is 41.2 Å². The molecule has 2 heterocycles. The number of hydrogen-bond donors (Lipinski definition) is 0. The number of aryl methyl sites for hydroxylation is 2. The van der Waals surface area contributed by atoms with E-state index < -0.39 is 6.48 Å². The minimum atomic E-state index is -0.692. The number of hydrogen-bond acceptors (Lipinski definition) is 4. The molecule has 0 saturated heterocycles. The predicted octanol–water partition coefficient (Wildman–Crippen LogP) is 2.40. The molecular weight excluding hydrogens is 244 g/mol. The predicted molar refractivity (Wildman–Crippen MR) is 71.6 cm³/mol. The third kappa shape index (κ3) is 2.29. The van der Waals surface area contributed by atoms with Crippen LogP contribution in [0, 0.1) is 0 Å². The molecule has 0 saturated carbocycles. The van der Waals surface area contributed by atoms with Crippen LogP contribution in [-0.4, -0.2) is 24.1 Å². The van der Waals surface area contributed by atoms with Gasteiger partial charge in [0.05, 0.1) is 0 Å². The van der Waals surface area contributed by atoms with E-state index in [9.17, 15) is 0 Å². The molecule has 3 rings (SSSR count). The van der Waals surface area contributed by atoms with E-state index in [1.165, 1.54) is 23.6 Å². The van der Waals surface area contributed by atoms with Crippen molar-refractivity contribution in [2.45, 2.75) is 19.3 Å². The highest BCUT2D eigenvalue weighted by atomic mass is 16.9. The van der Waals surface area contributed by atoms with E-state index in [0.717, 1.165) is 6.42 Å². The number of ether oxygens (including phenoxy) is 2. The van der Waals surface area contributed by atoms with Crippen molar-refractivity contribution in [1.29, 1.82) is 0 Å². The largest absolute Gasteiger partial charge is 0.414 e. The summed E-state index contributed by atoms with van der Waals surface area (Å²) in [4.78, 5) is 4.93. The Morgan fingerprint density at radius 3 is 2.95 bits per heavy atom. The molecule has 1 atom stereocenters. The van der Waals surface area contributed by atoms with Crippen molar-refractivity contribution in [2.75, 3.05) is 7.11 Å². The molecule has 0 N–H and O–H groups in total. The van der Waals surface area contributed by atoms with Crippen LogP contribution >= 0.6 is 0 Å². The Labute approximate surface area is 111 Å². The molecule has 0 fully saturated rings. The molecule has 0 amide bonds. The number of rotatable bonds is 4. The van der Waals surface area contributed by atoms with Crippen LogP contribution in [0.15, 0.2) is 35.6 Å². The van der Waals surface area contributed by atoms with Crippen LogP contribution in [0.25, 0.3) is 10.9 Å². The Kier molecular flexibility index (Phi) is 3.13. The number of methoxy groups -OCH3 is 1. The minimum Gasteiger partial charge on any atom is -0.414 e. The van der Waals surface area contributed by atoms with Crippen LogP contribution in [-0.2, 0) is 27.8 Å². The van der Waals surface area contributed by atoms with Crippen molar-refractivity contribution in [2.24, 2.45) is 12.2 Å². The van der Waals surface area contributed by atoms with Gasteiger partial charge in [-0.05, 0) is 23.2 Å². The lowest BCUT2D eigenvalue weighted by molar-refractivity contribution is -0.216. The topological polar surface area (TPSA) is 45.0 Å². The van der Waals surface area contributed by atoms with Gasteiger partial charge in [0.2, 0.25) is 5.90 Å². The van der Waals surface area contributed by atoms with Crippen LogP contribution in [0.3, 0.4) is 0 Å². The Hall–Kier alpha value is -2.01. The highest BCUT2D eigenvalue weighted by Crippen LogP contribution is 2.22. The lowest BCUT2D eigenvalue weighted by Crippen LogP contribution is -2.13. The fourth-order valence-electron chi connectivity index (χ4n) is 2.32. The van der Waals surface area contributed by atoms with Gasteiger partial charge in [-0.25, -0.2) is 0 Å². The number of nitrogens with zero attached hydrogens (tertiary/aromatic N) is 2. The molecule has 1 aromatic heterocycles. The molecule has 1 aliphatic heterocycles. The van der Waals surface area contributed by atoms with Crippen LogP contribution in [0.2, 0.25) is 0 Å². The number of benzene rings is 1. The summed E-state index contributed by atoms with van der Waals surface area (Å²) in [6.07, 6.45) is 3.71. The van der Waals surface area contributed by atoms with E-state index >= 15 is 0 Å². The first kappa shape index (κ1) is 12.0. The first-order valence-electron chi connectivity index (χ1n) is 6.23. The van der Waals surface area contributed by atoms with E-state index in [1.807, 2.05) is 6.07 Å². The quantitative estimate of drug-likeness (QED) is 0.848. The number of para-hydroxylation sites is 1. The molecule has 2 aromatic rings. The summed E-state index contributed by atoms with van der Waals surface area (Å²) in [5.74, 6) is 0.583. The van der Waals surface area contributed by atoms with Gasteiger partial charge < -0.3 is 18.9 Å². The number of fused-ring (bicyclic) bond motifs is 1. The maximum absolute atomic E-state index is 5.35. The van der Waals surface area contributed by atoms with E-state index in [0.29, 0.717) is 12.3 Å². The van der Waals surface area contributed by atoms with Crippen LogP contribution < -0.4 is 0 Å². The molecular formula is C14H16N2O3. The van der Waals surface area contributed by atoms with Gasteiger partial charge in [0.15, 0.2) is 0 Å². The summed E-state index contributed by atoms with van der Waals surface area (Å²) in [6.45, 7) is -0.692. The maximum Gasteiger partial charge on any atom is 0.383 e. The van der Waals surface area contributed by atoms with Gasteiger partial charge in [0.1, 0.15) is 0 Å². The van der Waals surface area contributed by atoms with Crippen LogP contribution in [0.4, 0.5) is 0 Å². The summed E-state index contributed by atoms with van der Waals surface area (Å²) < 4.78 is 12.4. The third-order valence-electron chi connectivity index (χ3n) is 3.25. The van der Waals surface area contributed by atoms with Gasteiger partial charge in [-0.3, -0.25) is 0 Å². The summed E-state index contributed by atoms with van der Waals surface area (Å²) in [7, 11) is 3.58. The third-order valence-corrected chi connectivity index (χ3v) is 3.25. The molecule has 0 spiro atoms. The van der Waals surface area contributed by atoms with Crippen molar-refractivity contribution in [3.05, 3.63) is 36.0 Å². The summed E-state index contributed by atoms with van der Waals surface area (Å²) >= 11 is 0. The van der Waals surface area contributed by atoms with Gasteiger partial charge >= 0.3 is 6.48 Å². The number of oxime groups is 1. The first-order chi connectivity index (χ1) is 9.28. The Balaban J connectivity index is 1.73. The molecule has 100 valence electrons. The SMILES string of the molecule is COC1ON=C(CCc2cn(C)c3ccccc23)O1. The summed E-state index contributed by atoms with van der Waals surface area (Å²) in [6, 6.07) is 8.36. The second kappa shape index (κ2) is 4.93. The van der Waals surface area contributed by atoms with Gasteiger partial charge in [-0.1, -0.05) is 18.2 Å². The Bertz CT molecular complexity index is 618. The molecule has 5 heteroatoms. The van der Waals surface area contributed by atoms with Gasteiger partial charge in [0, 0.05) is 37.7 Å². The van der Waals surface area contributed by atoms with E-state index in [4.69, 9.17) is 14.3 Å². The number of aromatic nitrogens is 1. The molecule has 19 heavy (non-hydrogen) atoms. The molecule has 1 aliphatic rings. The zero-order valence-electron chi connectivity index (χ0n) is 11.0. The molecule has 0 bridgehead atoms. The monoisotopic (exact) mass is 260 g/mol. The second-order valence-electron chi connectivity index (χ2n) is 4.52. The average molecular weight is 260 g/mol. The van der Waals surface area contributed by atoms with Crippen molar-refractivity contribution in [3.63, 3.8) is 0 Å². The van der Waals surface area contributed by atoms with Crippen molar-refractivity contribution in [3.8, 4) is 0 Å². The zero-order chi connectivity index (χ0) is 13.2. The van der Waals surface area contributed by atoms with Crippen molar-refractivity contribution >= 4 is 16.8 Å². The second-order valence-corrected chi connectivity index (χ2v) is 4.52. The molecule has 1 aromatic carbocycles. The highest BCUT2D eigenvalue weighted by molar-refractivity contribution is 5.85.